The fourth-order valence-corrected chi connectivity index (χ4v) is 1.41. The van der Waals surface area contributed by atoms with Crippen molar-refractivity contribution in [2.45, 2.75) is 31.9 Å². The Labute approximate surface area is 83.3 Å². The van der Waals surface area contributed by atoms with Gasteiger partial charge in [0.2, 0.25) is 0 Å². The zero-order chi connectivity index (χ0) is 10.6. The molecule has 4 nitrogen and oxygen atoms in total. The van der Waals surface area contributed by atoms with Crippen LogP contribution in [0.2, 0.25) is 0 Å². The molecule has 1 saturated heterocycles. The van der Waals surface area contributed by atoms with Crippen LogP contribution in [0, 0.1) is 0 Å². The first-order valence-corrected chi connectivity index (χ1v) is 4.54. The van der Waals surface area contributed by atoms with Crippen LogP contribution in [0.1, 0.15) is 19.8 Å². The van der Waals surface area contributed by atoms with Gasteiger partial charge in [-0.3, -0.25) is 0 Å². The summed E-state index contributed by atoms with van der Waals surface area (Å²) >= 11 is 0. The zero-order valence-electron chi connectivity index (χ0n) is 8.10. The number of rotatable bonds is 4. The van der Waals surface area contributed by atoms with Gasteiger partial charge in [-0.2, -0.15) is 0 Å². The van der Waals surface area contributed by atoms with E-state index in [1.807, 2.05) is 6.92 Å². The van der Waals surface area contributed by atoms with E-state index in [0.29, 0.717) is 19.1 Å². The quantitative estimate of drug-likeness (QED) is 0.286. The van der Waals surface area contributed by atoms with Crippen LogP contribution in [0.5, 0.6) is 0 Å². The topological polar surface area (TPSA) is 55.7 Å². The van der Waals surface area contributed by atoms with Gasteiger partial charge in [0.25, 0.3) is 0 Å². The number of cyclic esters (lactones) is 1. The van der Waals surface area contributed by atoms with Crippen molar-refractivity contribution < 1.29 is 14.2 Å². The van der Waals surface area contributed by atoms with Gasteiger partial charge in [0.1, 0.15) is 0 Å². The standard InChI is InChI=1S/C9H12BNO3/c1-3-7(11-5-10-13)8-4-6(2)9(12)14-8/h5,7-8H,2-4H2,1H3. The Kier molecular flexibility index (Phi) is 3.74. The third kappa shape index (κ3) is 2.37. The molecule has 0 spiro atoms. The molecule has 0 aromatic rings. The molecule has 1 aliphatic heterocycles. The molecular formula is C9H12BNO3. The van der Waals surface area contributed by atoms with Gasteiger partial charge >= 0.3 is 82.5 Å². The van der Waals surface area contributed by atoms with Crippen molar-refractivity contribution in [1.29, 1.82) is 0 Å². The van der Waals surface area contributed by atoms with Crippen LogP contribution < -0.4 is 0 Å². The molecule has 0 amide bonds. The molecule has 1 heterocycles. The molecular weight excluding hydrogens is 181 g/mol. The van der Waals surface area contributed by atoms with Crippen molar-refractivity contribution >= 4 is 19.2 Å². The Hall–Kier alpha value is -1.26. The molecule has 14 heavy (non-hydrogen) atoms. The molecule has 0 aliphatic carbocycles. The molecule has 1 aliphatic rings. The van der Waals surface area contributed by atoms with Crippen LogP contribution in [-0.4, -0.2) is 31.4 Å². The normalized spacial score (nSPS) is 23.6. The van der Waals surface area contributed by atoms with Crippen LogP contribution in [0.25, 0.3) is 0 Å². The van der Waals surface area contributed by atoms with Crippen LogP contribution in [0.15, 0.2) is 17.1 Å². The second-order valence-corrected chi connectivity index (χ2v) is 3.16. The predicted octanol–water partition coefficient (Wildman–Crippen LogP) is 0.715. The van der Waals surface area contributed by atoms with Crippen LogP contribution in [0.3, 0.4) is 0 Å². The van der Waals surface area contributed by atoms with E-state index in [9.17, 15) is 9.50 Å². The summed E-state index contributed by atoms with van der Waals surface area (Å²) in [5.41, 5.74) is 0.481. The van der Waals surface area contributed by atoms with E-state index in [2.05, 4.69) is 11.6 Å². The number of carbonyl (C=O) groups is 1. The van der Waals surface area contributed by atoms with E-state index in [4.69, 9.17) is 4.74 Å². The number of aliphatic imine (C=N–C) groups is 1. The van der Waals surface area contributed by atoms with E-state index in [1.165, 1.54) is 6.11 Å². The van der Waals surface area contributed by atoms with Gasteiger partial charge in [-0.15, -0.1) is 0 Å². The SMILES string of the molecule is C=C1CC(C(CC)N=CB=O)OC1=O. The monoisotopic (exact) mass is 193 g/mol. The van der Waals surface area contributed by atoms with E-state index in [0.717, 1.165) is 6.42 Å². The number of nitrogens with zero attached hydrogens (tertiary/aromatic N) is 1. The Morgan fingerprint density at radius 2 is 2.57 bits per heavy atom. The summed E-state index contributed by atoms with van der Waals surface area (Å²) in [6, 6.07) is -0.136. The summed E-state index contributed by atoms with van der Waals surface area (Å²) in [6.45, 7) is 5.52. The average Bonchev–Trinajstić information content (AvgIpc) is 2.48. The maximum atomic E-state index is 11.0. The number of hydrogen-bond acceptors (Lipinski definition) is 4. The first kappa shape index (κ1) is 10.8. The second-order valence-electron chi connectivity index (χ2n) is 3.16. The number of hydrogen-bond donors (Lipinski definition) is 0. The molecule has 0 saturated carbocycles. The number of carbonyl (C=O) groups excluding carboxylic acids is 1. The van der Waals surface area contributed by atoms with Gasteiger partial charge in [-0.25, -0.2) is 0 Å². The molecule has 0 aromatic carbocycles. The van der Waals surface area contributed by atoms with Gasteiger partial charge in [0.05, 0.1) is 0 Å². The molecule has 2 unspecified atom stereocenters. The molecule has 1 rings (SSSR count). The Balaban J connectivity index is 2.63. The molecule has 0 aromatic heterocycles. The molecule has 0 bridgehead atoms. The number of ether oxygens (including phenoxy) is 1. The summed E-state index contributed by atoms with van der Waals surface area (Å²) in [5, 5.41) is 0. The molecule has 0 N–H and O–H groups in total. The minimum absolute atomic E-state index is 0.136. The van der Waals surface area contributed by atoms with Crippen molar-refractivity contribution in [3.63, 3.8) is 0 Å². The molecule has 1 fully saturated rings. The Morgan fingerprint density at radius 1 is 1.86 bits per heavy atom. The van der Waals surface area contributed by atoms with Crippen LogP contribution in [-0.2, 0) is 14.2 Å². The summed E-state index contributed by atoms with van der Waals surface area (Å²) in [6.07, 6.45) is 2.18. The first-order valence-electron chi connectivity index (χ1n) is 4.54. The van der Waals surface area contributed by atoms with Gasteiger partial charge in [0.15, 0.2) is 0 Å². The summed E-state index contributed by atoms with van der Waals surface area (Å²) < 4.78 is 15.1. The molecule has 0 radical (unpaired) electrons. The van der Waals surface area contributed by atoms with Crippen molar-refractivity contribution in [3.8, 4) is 0 Å². The first-order chi connectivity index (χ1) is 6.69. The van der Waals surface area contributed by atoms with Gasteiger partial charge in [-0.05, 0) is 0 Å². The van der Waals surface area contributed by atoms with Crippen molar-refractivity contribution in [2.24, 2.45) is 4.99 Å². The third-order valence-electron chi connectivity index (χ3n) is 2.18. The fourth-order valence-electron chi connectivity index (χ4n) is 1.41. The van der Waals surface area contributed by atoms with E-state index in [1.54, 1.807) is 0 Å². The fraction of sp³-hybridized carbons (Fsp3) is 0.556. The third-order valence-corrected chi connectivity index (χ3v) is 2.18. The second kappa shape index (κ2) is 4.84. The maximum absolute atomic E-state index is 11.0. The molecule has 74 valence electrons. The van der Waals surface area contributed by atoms with Crippen molar-refractivity contribution in [1.82, 2.24) is 0 Å². The van der Waals surface area contributed by atoms with Gasteiger partial charge in [0, 0.05) is 0 Å². The molecule has 2 atom stereocenters. The predicted molar refractivity (Wildman–Crippen MR) is 52.6 cm³/mol. The summed E-state index contributed by atoms with van der Waals surface area (Å²) in [5.74, 6) is -0.352. The van der Waals surface area contributed by atoms with Gasteiger partial charge < -0.3 is 0 Å². The Bertz CT molecular complexity index is 272. The van der Waals surface area contributed by atoms with Crippen molar-refractivity contribution in [2.75, 3.05) is 0 Å². The van der Waals surface area contributed by atoms with Crippen LogP contribution >= 0.6 is 0 Å². The zero-order valence-corrected chi connectivity index (χ0v) is 8.10. The van der Waals surface area contributed by atoms with E-state index >= 15 is 0 Å². The minimum atomic E-state index is -0.352. The van der Waals surface area contributed by atoms with Crippen LogP contribution in [0.4, 0.5) is 0 Å². The summed E-state index contributed by atoms with van der Waals surface area (Å²) in [4.78, 5) is 15.0. The summed E-state index contributed by atoms with van der Waals surface area (Å²) in [7, 11) is 0.619. The number of esters is 1. The molecule has 5 heteroatoms. The van der Waals surface area contributed by atoms with Gasteiger partial charge in [-0.1, -0.05) is 0 Å². The van der Waals surface area contributed by atoms with E-state index in [-0.39, 0.29) is 18.1 Å². The average molecular weight is 193 g/mol. The van der Waals surface area contributed by atoms with Crippen molar-refractivity contribution in [3.05, 3.63) is 12.2 Å². The Morgan fingerprint density at radius 3 is 3.00 bits per heavy atom. The van der Waals surface area contributed by atoms with E-state index < -0.39 is 0 Å².